The zero-order chi connectivity index (χ0) is 16.7. The van der Waals surface area contributed by atoms with Crippen LogP contribution < -0.4 is 4.74 Å². The van der Waals surface area contributed by atoms with Crippen LogP contribution in [-0.2, 0) is 9.53 Å². The van der Waals surface area contributed by atoms with E-state index in [1.165, 1.54) is 0 Å². The standard InChI is InChI=1S/C18H19NO4/c1-13(2)23-18(21)12-22-17-9-3-14(4-10-17)11-19-15-5-7-16(20)8-6-15/h3-11,13,20H,12H2,1-2H3. The van der Waals surface area contributed by atoms with Gasteiger partial charge in [0.15, 0.2) is 6.61 Å². The number of hydrogen-bond acceptors (Lipinski definition) is 5. The van der Waals surface area contributed by atoms with E-state index >= 15 is 0 Å². The third kappa shape index (κ3) is 5.82. The highest BCUT2D eigenvalue weighted by Crippen LogP contribution is 2.17. The Balaban J connectivity index is 1.89. The van der Waals surface area contributed by atoms with Gasteiger partial charge in [-0.3, -0.25) is 4.99 Å². The lowest BCUT2D eigenvalue weighted by Gasteiger charge is -2.09. The molecule has 2 rings (SSSR count). The Morgan fingerprint density at radius 3 is 2.39 bits per heavy atom. The Kier molecular flexibility index (Phi) is 5.74. The molecule has 2 aromatic carbocycles. The predicted molar refractivity (Wildman–Crippen MR) is 88.5 cm³/mol. The lowest BCUT2D eigenvalue weighted by atomic mass is 10.2. The first kappa shape index (κ1) is 16.5. The third-order valence-corrected chi connectivity index (χ3v) is 2.82. The number of carbonyl (C=O) groups is 1. The van der Waals surface area contributed by atoms with Crippen molar-refractivity contribution in [2.24, 2.45) is 4.99 Å². The molecule has 120 valence electrons. The number of aliphatic imine (C=N–C) groups is 1. The molecule has 0 aliphatic carbocycles. The summed E-state index contributed by atoms with van der Waals surface area (Å²) >= 11 is 0. The second-order valence-corrected chi connectivity index (χ2v) is 5.17. The maximum Gasteiger partial charge on any atom is 0.344 e. The Bertz CT molecular complexity index is 660. The highest BCUT2D eigenvalue weighted by atomic mass is 16.6. The quantitative estimate of drug-likeness (QED) is 0.655. The van der Waals surface area contributed by atoms with Crippen molar-refractivity contribution < 1.29 is 19.4 Å². The van der Waals surface area contributed by atoms with Gasteiger partial charge in [-0.25, -0.2) is 4.79 Å². The molecule has 0 amide bonds. The summed E-state index contributed by atoms with van der Waals surface area (Å²) in [5.74, 6) is 0.409. The van der Waals surface area contributed by atoms with Crippen LogP contribution in [0.5, 0.6) is 11.5 Å². The van der Waals surface area contributed by atoms with Crippen molar-refractivity contribution in [3.05, 3.63) is 54.1 Å². The van der Waals surface area contributed by atoms with Crippen LogP contribution in [0.25, 0.3) is 0 Å². The first-order valence-electron chi connectivity index (χ1n) is 7.28. The molecule has 0 atom stereocenters. The first-order valence-corrected chi connectivity index (χ1v) is 7.28. The van der Waals surface area contributed by atoms with Crippen molar-refractivity contribution in [3.8, 4) is 11.5 Å². The lowest BCUT2D eigenvalue weighted by molar-refractivity contribution is -0.149. The number of aromatic hydroxyl groups is 1. The molecule has 0 heterocycles. The smallest absolute Gasteiger partial charge is 0.344 e. The van der Waals surface area contributed by atoms with Crippen molar-refractivity contribution in [2.75, 3.05) is 6.61 Å². The van der Waals surface area contributed by atoms with E-state index in [1.807, 2.05) is 12.1 Å². The number of phenols is 1. The monoisotopic (exact) mass is 313 g/mol. The number of esters is 1. The number of phenolic OH excluding ortho intramolecular Hbond substituents is 1. The van der Waals surface area contributed by atoms with Gasteiger partial charge in [-0.2, -0.15) is 0 Å². The minimum atomic E-state index is -0.391. The molecule has 0 saturated heterocycles. The van der Waals surface area contributed by atoms with Gasteiger partial charge in [0.25, 0.3) is 0 Å². The molecule has 0 saturated carbocycles. The van der Waals surface area contributed by atoms with Gasteiger partial charge in [-0.15, -0.1) is 0 Å². The summed E-state index contributed by atoms with van der Waals surface area (Å²) in [6, 6.07) is 13.8. The zero-order valence-electron chi connectivity index (χ0n) is 13.1. The number of ether oxygens (including phenoxy) is 2. The summed E-state index contributed by atoms with van der Waals surface area (Å²) < 4.78 is 10.3. The van der Waals surface area contributed by atoms with Crippen molar-refractivity contribution >= 4 is 17.9 Å². The van der Waals surface area contributed by atoms with Crippen LogP contribution in [0.1, 0.15) is 19.4 Å². The molecule has 1 N–H and O–H groups in total. The molecule has 0 aromatic heterocycles. The summed E-state index contributed by atoms with van der Waals surface area (Å²) in [7, 11) is 0. The van der Waals surface area contributed by atoms with Gasteiger partial charge >= 0.3 is 5.97 Å². The molecule has 0 fully saturated rings. The summed E-state index contributed by atoms with van der Waals surface area (Å²) in [6.45, 7) is 3.47. The Labute approximate surface area is 135 Å². The van der Waals surface area contributed by atoms with Crippen LogP contribution in [-0.4, -0.2) is 30.0 Å². The second-order valence-electron chi connectivity index (χ2n) is 5.17. The van der Waals surface area contributed by atoms with E-state index < -0.39 is 5.97 Å². The van der Waals surface area contributed by atoms with Crippen molar-refractivity contribution in [2.45, 2.75) is 20.0 Å². The van der Waals surface area contributed by atoms with Crippen LogP contribution >= 0.6 is 0 Å². The number of benzene rings is 2. The van der Waals surface area contributed by atoms with Crippen LogP contribution in [0, 0.1) is 0 Å². The summed E-state index contributed by atoms with van der Waals surface area (Å²) in [5, 5.41) is 9.21. The minimum absolute atomic E-state index is 0.112. The molecule has 0 aliphatic heterocycles. The van der Waals surface area contributed by atoms with Crippen LogP contribution in [0.4, 0.5) is 5.69 Å². The van der Waals surface area contributed by atoms with E-state index in [4.69, 9.17) is 9.47 Å². The van der Waals surface area contributed by atoms with Gasteiger partial charge in [0, 0.05) is 6.21 Å². The predicted octanol–water partition coefficient (Wildman–Crippen LogP) is 3.47. The largest absolute Gasteiger partial charge is 0.508 e. The fourth-order valence-corrected chi connectivity index (χ4v) is 1.78. The van der Waals surface area contributed by atoms with E-state index in [1.54, 1.807) is 56.5 Å². The maximum atomic E-state index is 11.4. The SMILES string of the molecule is CC(C)OC(=O)COc1ccc(C=Nc2ccc(O)cc2)cc1. The fraction of sp³-hybridized carbons (Fsp3) is 0.222. The molecule has 0 bridgehead atoms. The van der Waals surface area contributed by atoms with E-state index in [0.717, 1.165) is 11.3 Å². The molecule has 5 heteroatoms. The average Bonchev–Trinajstić information content (AvgIpc) is 2.53. The Hall–Kier alpha value is -2.82. The molecule has 0 radical (unpaired) electrons. The Morgan fingerprint density at radius 2 is 1.78 bits per heavy atom. The summed E-state index contributed by atoms with van der Waals surface area (Å²) in [4.78, 5) is 15.7. The third-order valence-electron chi connectivity index (χ3n) is 2.82. The average molecular weight is 313 g/mol. The van der Waals surface area contributed by atoms with E-state index in [2.05, 4.69) is 4.99 Å². The highest BCUT2D eigenvalue weighted by Gasteiger charge is 2.06. The number of carbonyl (C=O) groups excluding carboxylic acids is 1. The number of rotatable bonds is 6. The summed E-state index contributed by atoms with van der Waals surface area (Å²) in [5.41, 5.74) is 1.65. The molecule has 5 nitrogen and oxygen atoms in total. The minimum Gasteiger partial charge on any atom is -0.508 e. The van der Waals surface area contributed by atoms with Crippen molar-refractivity contribution in [1.82, 2.24) is 0 Å². The van der Waals surface area contributed by atoms with E-state index in [0.29, 0.717) is 5.75 Å². The molecule has 0 unspecified atom stereocenters. The van der Waals surface area contributed by atoms with Gasteiger partial charge in [-0.1, -0.05) is 0 Å². The lowest BCUT2D eigenvalue weighted by Crippen LogP contribution is -2.18. The zero-order valence-corrected chi connectivity index (χ0v) is 13.1. The molecular formula is C18H19NO4. The van der Waals surface area contributed by atoms with Crippen LogP contribution in [0.2, 0.25) is 0 Å². The van der Waals surface area contributed by atoms with Gasteiger partial charge in [0.1, 0.15) is 11.5 Å². The van der Waals surface area contributed by atoms with Gasteiger partial charge < -0.3 is 14.6 Å². The van der Waals surface area contributed by atoms with Gasteiger partial charge in [-0.05, 0) is 67.9 Å². The second kappa shape index (κ2) is 7.98. The molecule has 23 heavy (non-hydrogen) atoms. The Morgan fingerprint density at radius 1 is 1.13 bits per heavy atom. The van der Waals surface area contributed by atoms with Crippen LogP contribution in [0.3, 0.4) is 0 Å². The molecule has 0 spiro atoms. The molecule has 0 aliphatic rings. The normalized spacial score (nSPS) is 10.9. The van der Waals surface area contributed by atoms with E-state index in [9.17, 15) is 9.90 Å². The fourth-order valence-electron chi connectivity index (χ4n) is 1.78. The van der Waals surface area contributed by atoms with Crippen LogP contribution in [0.15, 0.2) is 53.5 Å². The van der Waals surface area contributed by atoms with Crippen molar-refractivity contribution in [1.29, 1.82) is 0 Å². The number of nitrogens with zero attached hydrogens (tertiary/aromatic N) is 1. The molecule has 2 aromatic rings. The first-order chi connectivity index (χ1) is 11.0. The highest BCUT2D eigenvalue weighted by molar-refractivity contribution is 5.82. The van der Waals surface area contributed by atoms with Crippen molar-refractivity contribution in [3.63, 3.8) is 0 Å². The molecular weight excluding hydrogens is 294 g/mol. The van der Waals surface area contributed by atoms with Gasteiger partial charge in [0.2, 0.25) is 0 Å². The topological polar surface area (TPSA) is 68.1 Å². The maximum absolute atomic E-state index is 11.4. The number of hydrogen-bond donors (Lipinski definition) is 1. The van der Waals surface area contributed by atoms with Gasteiger partial charge in [0.05, 0.1) is 11.8 Å². The van der Waals surface area contributed by atoms with E-state index in [-0.39, 0.29) is 18.5 Å². The summed E-state index contributed by atoms with van der Waals surface area (Å²) in [6.07, 6.45) is 1.56.